The number of hydrogen-bond acceptors (Lipinski definition) is 4. The van der Waals surface area contributed by atoms with Crippen LogP contribution in [0.15, 0.2) is 29.6 Å². The number of hydrogen-bond donors (Lipinski definition) is 2. The van der Waals surface area contributed by atoms with Crippen LogP contribution in [0.25, 0.3) is 0 Å². The van der Waals surface area contributed by atoms with Gasteiger partial charge in [-0.05, 0) is 68.8 Å². The van der Waals surface area contributed by atoms with Crippen LogP contribution in [0.5, 0.6) is 0 Å². The fourth-order valence-electron chi connectivity index (χ4n) is 3.29. The molecule has 0 atom stereocenters. The highest BCUT2D eigenvalue weighted by Gasteiger charge is 2.14. The number of amides is 1. The Balaban J connectivity index is 1.55. The highest BCUT2D eigenvalue weighted by Crippen LogP contribution is 2.19. The summed E-state index contributed by atoms with van der Waals surface area (Å²) in [5, 5.41) is 9.59. The Morgan fingerprint density at radius 1 is 1.36 bits per heavy atom. The maximum atomic E-state index is 12.4. The van der Waals surface area contributed by atoms with Gasteiger partial charge in [0, 0.05) is 10.9 Å². The largest absolute Gasteiger partial charge is 0.346 e. The van der Waals surface area contributed by atoms with E-state index in [0.717, 1.165) is 54.5 Å². The van der Waals surface area contributed by atoms with E-state index in [9.17, 15) is 4.79 Å². The van der Waals surface area contributed by atoms with E-state index in [1.165, 1.54) is 18.4 Å². The van der Waals surface area contributed by atoms with Crippen LogP contribution in [-0.2, 0) is 19.4 Å². The zero-order chi connectivity index (χ0) is 17.5. The van der Waals surface area contributed by atoms with E-state index in [0.29, 0.717) is 6.54 Å². The number of carbonyl (C=O) groups is 1. The number of thiazole rings is 1. The van der Waals surface area contributed by atoms with Crippen LogP contribution < -0.4 is 10.6 Å². The maximum absolute atomic E-state index is 12.4. The van der Waals surface area contributed by atoms with E-state index in [-0.39, 0.29) is 5.91 Å². The zero-order valence-corrected chi connectivity index (χ0v) is 15.7. The first kappa shape index (κ1) is 18.1. The van der Waals surface area contributed by atoms with Crippen molar-refractivity contribution in [2.75, 3.05) is 13.1 Å². The molecule has 0 spiro atoms. The molecule has 0 radical (unpaired) electrons. The number of aryl methyl sites for hydroxylation is 1. The van der Waals surface area contributed by atoms with Crippen molar-refractivity contribution in [1.29, 1.82) is 0 Å². The molecule has 2 aromatic rings. The van der Waals surface area contributed by atoms with Gasteiger partial charge in [-0.3, -0.25) is 4.79 Å². The smallest absolute Gasteiger partial charge is 0.251 e. The van der Waals surface area contributed by atoms with Gasteiger partial charge in [0.25, 0.3) is 5.91 Å². The van der Waals surface area contributed by atoms with Crippen molar-refractivity contribution in [3.05, 3.63) is 51.5 Å². The minimum atomic E-state index is -0.0165. The van der Waals surface area contributed by atoms with Gasteiger partial charge in [-0.1, -0.05) is 19.1 Å². The van der Waals surface area contributed by atoms with E-state index in [1.807, 2.05) is 23.6 Å². The minimum absolute atomic E-state index is 0.0165. The molecule has 134 valence electrons. The highest BCUT2D eigenvalue weighted by molar-refractivity contribution is 7.09. The number of aromatic nitrogens is 1. The molecule has 25 heavy (non-hydrogen) atoms. The Morgan fingerprint density at radius 3 is 3.00 bits per heavy atom. The normalized spacial score (nSPS) is 15.2. The van der Waals surface area contributed by atoms with Gasteiger partial charge in [-0.2, -0.15) is 0 Å². The Labute approximate surface area is 154 Å². The predicted molar refractivity (Wildman–Crippen MR) is 103 cm³/mol. The molecule has 2 heterocycles. The number of benzene rings is 1. The molecule has 1 aliphatic rings. The van der Waals surface area contributed by atoms with Crippen molar-refractivity contribution in [3.63, 3.8) is 0 Å². The zero-order valence-electron chi connectivity index (χ0n) is 14.9. The van der Waals surface area contributed by atoms with Crippen molar-refractivity contribution in [3.8, 4) is 0 Å². The average molecular weight is 358 g/mol. The Bertz CT molecular complexity index is 692. The quantitative estimate of drug-likeness (QED) is 0.796. The first-order valence-corrected chi connectivity index (χ1v) is 10.1. The minimum Gasteiger partial charge on any atom is -0.346 e. The predicted octanol–water partition coefficient (Wildman–Crippen LogP) is 3.57. The van der Waals surface area contributed by atoms with Gasteiger partial charge in [0.1, 0.15) is 0 Å². The summed E-state index contributed by atoms with van der Waals surface area (Å²) in [6, 6.07) is 8.07. The molecule has 3 rings (SSSR count). The Kier molecular flexibility index (Phi) is 6.59. The van der Waals surface area contributed by atoms with Gasteiger partial charge in [-0.25, -0.2) is 4.98 Å². The lowest BCUT2D eigenvalue weighted by Gasteiger charge is -2.22. The van der Waals surface area contributed by atoms with E-state index in [4.69, 9.17) is 0 Å². The van der Waals surface area contributed by atoms with E-state index in [1.54, 1.807) is 11.3 Å². The molecule has 1 aromatic heterocycles. The van der Waals surface area contributed by atoms with Crippen LogP contribution in [0.1, 0.15) is 52.8 Å². The molecule has 1 fully saturated rings. The van der Waals surface area contributed by atoms with Gasteiger partial charge in [0.05, 0.1) is 17.2 Å². The highest BCUT2D eigenvalue weighted by atomic mass is 32.1. The third kappa shape index (κ3) is 5.38. The molecular formula is C20H27N3OS. The van der Waals surface area contributed by atoms with Gasteiger partial charge in [0.15, 0.2) is 0 Å². The number of rotatable bonds is 7. The van der Waals surface area contributed by atoms with Crippen molar-refractivity contribution >= 4 is 17.2 Å². The third-order valence-electron chi connectivity index (χ3n) is 4.67. The second-order valence-corrected chi connectivity index (χ2v) is 7.71. The molecule has 2 N–H and O–H groups in total. The second kappa shape index (κ2) is 9.11. The fraction of sp³-hybridized carbons (Fsp3) is 0.500. The maximum Gasteiger partial charge on any atom is 0.251 e. The summed E-state index contributed by atoms with van der Waals surface area (Å²) in [4.78, 5) is 17.0. The van der Waals surface area contributed by atoms with Gasteiger partial charge >= 0.3 is 0 Å². The van der Waals surface area contributed by atoms with E-state index < -0.39 is 0 Å². The van der Waals surface area contributed by atoms with Crippen LogP contribution in [0.4, 0.5) is 0 Å². The van der Waals surface area contributed by atoms with Crippen molar-refractivity contribution in [2.24, 2.45) is 5.92 Å². The van der Waals surface area contributed by atoms with Gasteiger partial charge in [-0.15, -0.1) is 11.3 Å². The topological polar surface area (TPSA) is 54.0 Å². The third-order valence-corrected chi connectivity index (χ3v) is 5.62. The SMILES string of the molecule is CCCc1nc(CNC(=O)c2cccc(CC3CCNCC3)c2)cs1. The molecule has 0 aliphatic carbocycles. The molecule has 1 aliphatic heterocycles. The second-order valence-electron chi connectivity index (χ2n) is 6.76. The van der Waals surface area contributed by atoms with Crippen LogP contribution >= 0.6 is 11.3 Å². The molecular weight excluding hydrogens is 330 g/mol. The van der Waals surface area contributed by atoms with Crippen molar-refractivity contribution in [1.82, 2.24) is 15.6 Å². The molecule has 1 aromatic carbocycles. The number of carbonyl (C=O) groups excluding carboxylic acids is 1. The average Bonchev–Trinajstić information content (AvgIpc) is 3.09. The summed E-state index contributed by atoms with van der Waals surface area (Å²) < 4.78 is 0. The standard InChI is InChI=1S/C20H27N3OS/c1-2-4-19-23-18(14-25-19)13-22-20(24)17-6-3-5-16(12-17)11-15-7-9-21-10-8-15/h3,5-6,12,14-15,21H,2,4,7-11,13H2,1H3,(H,22,24). The lowest BCUT2D eigenvalue weighted by Crippen LogP contribution is -2.28. The molecule has 4 nitrogen and oxygen atoms in total. The molecule has 1 amide bonds. The molecule has 1 saturated heterocycles. The van der Waals surface area contributed by atoms with Gasteiger partial charge < -0.3 is 10.6 Å². The summed E-state index contributed by atoms with van der Waals surface area (Å²) in [5.41, 5.74) is 2.96. The lowest BCUT2D eigenvalue weighted by atomic mass is 9.90. The van der Waals surface area contributed by atoms with Crippen molar-refractivity contribution < 1.29 is 4.79 Å². The molecule has 0 saturated carbocycles. The summed E-state index contributed by atoms with van der Waals surface area (Å²) in [5.74, 6) is 0.712. The van der Waals surface area contributed by atoms with E-state index in [2.05, 4.69) is 28.6 Å². The molecule has 5 heteroatoms. The van der Waals surface area contributed by atoms with Gasteiger partial charge in [0.2, 0.25) is 0 Å². The van der Waals surface area contributed by atoms with Crippen LogP contribution in [0, 0.1) is 5.92 Å². The van der Waals surface area contributed by atoms with Crippen LogP contribution in [0.2, 0.25) is 0 Å². The van der Waals surface area contributed by atoms with E-state index >= 15 is 0 Å². The Morgan fingerprint density at radius 2 is 2.20 bits per heavy atom. The Hall–Kier alpha value is -1.72. The van der Waals surface area contributed by atoms with Crippen LogP contribution in [-0.4, -0.2) is 24.0 Å². The molecule has 0 bridgehead atoms. The summed E-state index contributed by atoms with van der Waals surface area (Å²) in [6.07, 6.45) is 5.62. The number of nitrogens with one attached hydrogen (secondary N) is 2. The first-order chi connectivity index (χ1) is 12.2. The summed E-state index contributed by atoms with van der Waals surface area (Å²) in [6.45, 7) is 4.87. The number of piperidine rings is 1. The summed E-state index contributed by atoms with van der Waals surface area (Å²) in [7, 11) is 0. The first-order valence-electron chi connectivity index (χ1n) is 9.25. The summed E-state index contributed by atoms with van der Waals surface area (Å²) >= 11 is 1.68. The van der Waals surface area contributed by atoms with Crippen LogP contribution in [0.3, 0.4) is 0 Å². The monoisotopic (exact) mass is 357 g/mol. The van der Waals surface area contributed by atoms with Crippen molar-refractivity contribution in [2.45, 2.75) is 45.6 Å². The number of nitrogens with zero attached hydrogens (tertiary/aromatic N) is 1. The lowest BCUT2D eigenvalue weighted by molar-refractivity contribution is 0.0950. The fourth-order valence-corrected chi connectivity index (χ4v) is 4.19. The molecule has 0 unspecified atom stereocenters.